The summed E-state index contributed by atoms with van der Waals surface area (Å²) < 4.78 is 30.8. The monoisotopic (exact) mass is 342 g/mol. The number of ether oxygens (including phenoxy) is 1. The van der Waals surface area contributed by atoms with Crippen LogP contribution in [-0.2, 0) is 19.4 Å². The topological polar surface area (TPSA) is 77.5 Å². The highest BCUT2D eigenvalue weighted by Crippen LogP contribution is 2.37. The molecule has 0 aromatic heterocycles. The van der Waals surface area contributed by atoms with E-state index in [1.54, 1.807) is 42.5 Å². The van der Waals surface area contributed by atoms with Gasteiger partial charge in [0.05, 0.1) is 9.80 Å². The van der Waals surface area contributed by atoms with Crippen molar-refractivity contribution < 1.29 is 22.7 Å². The summed E-state index contributed by atoms with van der Waals surface area (Å²) in [6, 6.07) is 14.6. The Morgan fingerprint density at radius 3 is 2.29 bits per heavy atom. The number of esters is 1. The lowest BCUT2D eigenvalue weighted by Gasteiger charge is -2.22. The van der Waals surface area contributed by atoms with Crippen LogP contribution < -0.4 is 0 Å². The van der Waals surface area contributed by atoms with E-state index in [0.717, 1.165) is 0 Å². The molecule has 0 bridgehead atoms. The quantitative estimate of drug-likeness (QED) is 0.801. The molecule has 0 fully saturated rings. The smallest absolute Gasteiger partial charge is 0.302 e. The van der Waals surface area contributed by atoms with Gasteiger partial charge in [0, 0.05) is 18.1 Å². The molecule has 2 aromatic rings. The molecular weight excluding hydrogens is 328 g/mol. The summed E-state index contributed by atoms with van der Waals surface area (Å²) in [5, 5.41) is 0. The average Bonchev–Trinajstić information content (AvgIpc) is 2.57. The van der Waals surface area contributed by atoms with Gasteiger partial charge in [-0.1, -0.05) is 42.5 Å². The highest BCUT2D eigenvalue weighted by Gasteiger charge is 2.37. The Kier molecular flexibility index (Phi) is 4.07. The number of carbonyl (C=O) groups excluding carboxylic acids is 2. The van der Waals surface area contributed by atoms with Gasteiger partial charge in [0.15, 0.2) is 5.78 Å². The van der Waals surface area contributed by atoms with Crippen molar-refractivity contribution in [1.82, 2.24) is 0 Å². The van der Waals surface area contributed by atoms with Crippen molar-refractivity contribution in [1.29, 1.82) is 0 Å². The lowest BCUT2D eigenvalue weighted by molar-refractivity contribution is -0.139. The Morgan fingerprint density at radius 1 is 1.00 bits per heavy atom. The molecule has 6 heteroatoms. The maximum absolute atomic E-state index is 12.9. The van der Waals surface area contributed by atoms with Crippen LogP contribution >= 0.6 is 0 Å². The zero-order chi connectivity index (χ0) is 17.3. The van der Waals surface area contributed by atoms with Gasteiger partial charge in [-0.15, -0.1) is 0 Å². The molecule has 2 aromatic carbocycles. The molecular formula is C18H14O5S. The zero-order valence-corrected chi connectivity index (χ0v) is 13.7. The molecule has 0 unspecified atom stereocenters. The van der Waals surface area contributed by atoms with Crippen LogP contribution in [0.4, 0.5) is 0 Å². The number of rotatable bonds is 3. The number of fused-ring (bicyclic) bond motifs is 1. The van der Waals surface area contributed by atoms with Gasteiger partial charge in [0.2, 0.25) is 9.84 Å². The minimum atomic E-state index is -3.93. The largest absolute Gasteiger partial charge is 0.460 e. The second kappa shape index (κ2) is 6.05. The van der Waals surface area contributed by atoms with Gasteiger partial charge < -0.3 is 4.74 Å². The van der Waals surface area contributed by atoms with E-state index in [9.17, 15) is 18.0 Å². The first-order chi connectivity index (χ1) is 11.4. The number of carbonyl (C=O) groups is 2. The van der Waals surface area contributed by atoms with E-state index >= 15 is 0 Å². The highest BCUT2D eigenvalue weighted by atomic mass is 32.2. The lowest BCUT2D eigenvalue weighted by Crippen LogP contribution is -2.24. The van der Waals surface area contributed by atoms with E-state index in [1.165, 1.54) is 19.1 Å². The Morgan fingerprint density at radius 2 is 1.62 bits per heavy atom. The number of ketones is 1. The Bertz CT molecular complexity index is 956. The number of hydrogen-bond donors (Lipinski definition) is 0. The predicted octanol–water partition coefficient (Wildman–Crippen LogP) is 2.63. The third kappa shape index (κ3) is 2.65. The van der Waals surface area contributed by atoms with Gasteiger partial charge in [-0.25, -0.2) is 8.42 Å². The first kappa shape index (κ1) is 16.1. The van der Waals surface area contributed by atoms with Gasteiger partial charge in [-0.3, -0.25) is 9.59 Å². The van der Waals surface area contributed by atoms with Crippen molar-refractivity contribution in [3.05, 3.63) is 70.6 Å². The summed E-state index contributed by atoms with van der Waals surface area (Å²) in [6.45, 7) is 0.718. The van der Waals surface area contributed by atoms with Crippen LogP contribution in [0.1, 0.15) is 22.8 Å². The second-order valence-electron chi connectivity index (χ2n) is 5.27. The third-order valence-corrected chi connectivity index (χ3v) is 5.63. The summed E-state index contributed by atoms with van der Waals surface area (Å²) in [6.07, 6.45) is 0. The summed E-state index contributed by atoms with van der Waals surface area (Å²) in [7, 11) is -3.93. The Balaban J connectivity index is 2.29. The molecule has 1 aliphatic heterocycles. The molecule has 122 valence electrons. The Labute approximate surface area is 139 Å². The van der Waals surface area contributed by atoms with Gasteiger partial charge in [0.25, 0.3) is 0 Å². The minimum absolute atomic E-state index is 0.0514. The van der Waals surface area contributed by atoms with Crippen molar-refractivity contribution >= 4 is 27.2 Å². The minimum Gasteiger partial charge on any atom is -0.460 e. The number of hydrogen-bond acceptors (Lipinski definition) is 5. The van der Waals surface area contributed by atoms with Crippen molar-refractivity contribution in [3.8, 4) is 0 Å². The van der Waals surface area contributed by atoms with Crippen molar-refractivity contribution in [2.75, 3.05) is 6.61 Å². The number of sulfone groups is 1. The van der Waals surface area contributed by atoms with E-state index in [1.807, 2.05) is 0 Å². The molecule has 0 atom stereocenters. The van der Waals surface area contributed by atoms with Gasteiger partial charge in [0.1, 0.15) is 6.61 Å². The van der Waals surface area contributed by atoms with Crippen LogP contribution in [0.15, 0.2) is 64.4 Å². The zero-order valence-electron chi connectivity index (χ0n) is 12.9. The second-order valence-corrected chi connectivity index (χ2v) is 7.21. The first-order valence-corrected chi connectivity index (χ1v) is 8.72. The van der Waals surface area contributed by atoms with Gasteiger partial charge >= 0.3 is 5.97 Å². The lowest BCUT2D eigenvalue weighted by atomic mass is 9.96. The summed E-state index contributed by atoms with van der Waals surface area (Å²) in [4.78, 5) is 23.8. The Hall–Kier alpha value is -2.73. The van der Waals surface area contributed by atoms with Crippen molar-refractivity contribution in [2.45, 2.75) is 11.8 Å². The molecule has 1 aliphatic rings. The molecule has 0 saturated heterocycles. The van der Waals surface area contributed by atoms with Crippen LogP contribution in [0.3, 0.4) is 0 Å². The molecule has 0 aliphatic carbocycles. The molecule has 0 amide bonds. The van der Waals surface area contributed by atoms with E-state index < -0.39 is 28.2 Å². The molecule has 0 N–H and O–H groups in total. The fourth-order valence-corrected chi connectivity index (χ4v) is 4.30. The SMILES string of the molecule is CC(=O)OCC1=C(c2ccccc2)C(=O)c2ccccc2S1(=O)=O. The van der Waals surface area contributed by atoms with E-state index in [4.69, 9.17) is 4.74 Å². The number of benzene rings is 2. The van der Waals surface area contributed by atoms with Crippen molar-refractivity contribution in [2.24, 2.45) is 0 Å². The normalized spacial score (nSPS) is 15.8. The van der Waals surface area contributed by atoms with E-state index in [0.29, 0.717) is 5.56 Å². The van der Waals surface area contributed by atoms with Crippen LogP contribution in [-0.4, -0.2) is 26.8 Å². The maximum Gasteiger partial charge on any atom is 0.302 e. The average molecular weight is 342 g/mol. The number of Topliss-reactive ketones (excluding diaryl/α,β-unsaturated/α-hetero) is 1. The summed E-state index contributed by atoms with van der Waals surface area (Å²) in [5.41, 5.74) is 0.654. The summed E-state index contributed by atoms with van der Waals surface area (Å²) in [5.74, 6) is -1.01. The molecule has 24 heavy (non-hydrogen) atoms. The molecule has 5 nitrogen and oxygen atoms in total. The van der Waals surface area contributed by atoms with Gasteiger partial charge in [-0.05, 0) is 17.7 Å². The standard InChI is InChI=1S/C18H14O5S/c1-12(19)23-11-16-17(13-7-3-2-4-8-13)18(20)14-9-5-6-10-15(14)24(16,21)22/h2-10H,11H2,1H3. The summed E-state index contributed by atoms with van der Waals surface area (Å²) >= 11 is 0. The molecule has 0 spiro atoms. The number of allylic oxidation sites excluding steroid dienone is 1. The fraction of sp³-hybridized carbons (Fsp3) is 0.111. The van der Waals surface area contributed by atoms with E-state index in [2.05, 4.69) is 0 Å². The third-order valence-electron chi connectivity index (χ3n) is 3.72. The fourth-order valence-electron chi connectivity index (χ4n) is 2.63. The highest BCUT2D eigenvalue weighted by molar-refractivity contribution is 7.95. The molecule has 0 radical (unpaired) electrons. The van der Waals surface area contributed by atoms with Gasteiger partial charge in [-0.2, -0.15) is 0 Å². The molecule has 0 saturated carbocycles. The maximum atomic E-state index is 12.9. The first-order valence-electron chi connectivity index (χ1n) is 7.23. The molecule has 1 heterocycles. The van der Waals surface area contributed by atoms with Crippen LogP contribution in [0.2, 0.25) is 0 Å². The van der Waals surface area contributed by atoms with Crippen LogP contribution in [0.5, 0.6) is 0 Å². The van der Waals surface area contributed by atoms with E-state index in [-0.39, 0.29) is 20.9 Å². The van der Waals surface area contributed by atoms with Crippen molar-refractivity contribution in [3.63, 3.8) is 0 Å². The predicted molar refractivity (Wildman–Crippen MR) is 88.0 cm³/mol. The van der Waals surface area contributed by atoms with Crippen LogP contribution in [0, 0.1) is 0 Å². The molecule has 3 rings (SSSR count). The van der Waals surface area contributed by atoms with Crippen LogP contribution in [0.25, 0.3) is 5.57 Å².